The van der Waals surface area contributed by atoms with E-state index in [4.69, 9.17) is 0 Å². The Balaban J connectivity index is 1.30. The number of hydrogen-bond donors (Lipinski definition) is 0. The number of hydrogen-bond acceptors (Lipinski definition) is 2. The van der Waals surface area contributed by atoms with E-state index in [1.165, 1.54) is 117 Å². The van der Waals surface area contributed by atoms with Gasteiger partial charge in [-0.05, 0) is 160 Å². The zero-order valence-corrected chi connectivity index (χ0v) is 46.3. The van der Waals surface area contributed by atoms with Gasteiger partial charge in [-0.15, -0.1) is 0 Å². The third kappa shape index (κ3) is 7.09. The first-order chi connectivity index (χ1) is 33.0. The fraction of sp³-hybridized carbons (Fsp3) is 0.382. The summed E-state index contributed by atoms with van der Waals surface area (Å²) >= 11 is 0. The average molecular weight is 933 g/mol. The van der Waals surface area contributed by atoms with Crippen molar-refractivity contribution in [1.82, 2.24) is 0 Å². The Morgan fingerprint density at radius 1 is 0.394 bits per heavy atom. The second-order valence-electron chi connectivity index (χ2n) is 27.5. The van der Waals surface area contributed by atoms with Crippen LogP contribution in [0.2, 0.25) is 0 Å². The Kier molecular flexibility index (Phi) is 10.1. The van der Waals surface area contributed by atoms with E-state index in [-0.39, 0.29) is 44.6 Å². The van der Waals surface area contributed by atoms with Gasteiger partial charge in [0.15, 0.2) is 0 Å². The molecule has 0 fully saturated rings. The molecule has 7 aromatic rings. The molecule has 2 nitrogen and oxygen atoms in total. The summed E-state index contributed by atoms with van der Waals surface area (Å²) < 4.78 is 0. The van der Waals surface area contributed by atoms with Crippen LogP contribution in [0.4, 0.5) is 34.1 Å². The summed E-state index contributed by atoms with van der Waals surface area (Å²) in [5.74, 6) is 0. The predicted octanol–water partition coefficient (Wildman–Crippen LogP) is 16.6. The van der Waals surface area contributed by atoms with Crippen LogP contribution in [-0.2, 0) is 37.9 Å². The minimum atomic E-state index is -0.197. The minimum Gasteiger partial charge on any atom is -0.311 e. The molecule has 0 amide bonds. The number of fused-ring (bicyclic) bond motifs is 7. The SMILES string of the molecule is Cc1cc2c(cc1N1c3ccc(C(C)(C)C)cc3B3c4cc5c(cc4N(c4ccc(C(C)(C)C)cc4-c4ccccc4)c4cc(C(C)(C)C)cc1c43)C(C)(C)CC5(C)C)C(C)(C)c1ccccc1C2(C)C. The van der Waals surface area contributed by atoms with E-state index in [2.05, 4.69) is 262 Å². The summed E-state index contributed by atoms with van der Waals surface area (Å²) in [5, 5.41) is 0. The van der Waals surface area contributed by atoms with Gasteiger partial charge in [0.05, 0.1) is 5.69 Å². The summed E-state index contributed by atoms with van der Waals surface area (Å²) in [6.45, 7) is 43.4. The molecule has 362 valence electrons. The van der Waals surface area contributed by atoms with Gasteiger partial charge in [0, 0.05) is 44.8 Å². The third-order valence-electron chi connectivity index (χ3n) is 17.7. The fourth-order valence-electron chi connectivity index (χ4n) is 13.8. The van der Waals surface area contributed by atoms with E-state index in [1.807, 2.05) is 0 Å². The smallest absolute Gasteiger partial charge is 0.252 e. The Bertz CT molecular complexity index is 3360. The number of aryl methyl sites for hydroxylation is 1. The lowest BCUT2D eigenvalue weighted by Gasteiger charge is -2.47. The standard InChI is InChI=1S/C68H77BN2/c1-41-32-51-52(68(17,18)48-27-23-22-26-47(48)67(51,15)16)39-57(41)71-56-31-29-44(63(5,6)7)34-53(56)69-54-37-49-50(66(13,14)40-65(49,11)12)38-58(54)70(59-35-45(64(8,9)10)36-60(71)61(59)69)55-30-28-43(62(2,3)4)33-46(55)42-24-20-19-21-25-42/h19-39H,40H2,1-18H3. The molecule has 0 radical (unpaired) electrons. The van der Waals surface area contributed by atoms with Crippen LogP contribution in [0.15, 0.2) is 127 Å². The zero-order valence-electron chi connectivity index (χ0n) is 46.3. The van der Waals surface area contributed by atoms with Crippen LogP contribution in [0.25, 0.3) is 11.1 Å². The molecule has 0 spiro atoms. The Morgan fingerprint density at radius 3 is 1.42 bits per heavy atom. The van der Waals surface area contributed by atoms with Gasteiger partial charge in [-0.2, -0.15) is 0 Å². The Morgan fingerprint density at radius 2 is 0.859 bits per heavy atom. The van der Waals surface area contributed by atoms with Gasteiger partial charge < -0.3 is 9.80 Å². The highest BCUT2D eigenvalue weighted by Crippen LogP contribution is 2.56. The van der Waals surface area contributed by atoms with Gasteiger partial charge in [-0.3, -0.25) is 0 Å². The Hall–Kier alpha value is -5.80. The first kappa shape index (κ1) is 47.5. The number of benzene rings is 7. The van der Waals surface area contributed by atoms with E-state index in [0.717, 1.165) is 6.42 Å². The molecule has 3 heteroatoms. The highest BCUT2D eigenvalue weighted by molar-refractivity contribution is 7.00. The van der Waals surface area contributed by atoms with Crippen molar-refractivity contribution in [2.24, 2.45) is 0 Å². The summed E-state index contributed by atoms with van der Waals surface area (Å²) in [6.07, 6.45) is 1.11. The van der Waals surface area contributed by atoms with Gasteiger partial charge >= 0.3 is 0 Å². The lowest BCUT2D eigenvalue weighted by molar-refractivity contribution is 0.403. The largest absolute Gasteiger partial charge is 0.311 e. The van der Waals surface area contributed by atoms with Crippen molar-refractivity contribution in [3.63, 3.8) is 0 Å². The molecule has 4 aliphatic rings. The van der Waals surface area contributed by atoms with Crippen molar-refractivity contribution in [3.05, 3.63) is 183 Å². The predicted molar refractivity (Wildman–Crippen MR) is 308 cm³/mol. The monoisotopic (exact) mass is 933 g/mol. The topological polar surface area (TPSA) is 6.48 Å². The van der Waals surface area contributed by atoms with Crippen LogP contribution in [0, 0.1) is 6.92 Å². The molecule has 0 atom stereocenters. The van der Waals surface area contributed by atoms with E-state index in [0.29, 0.717) is 0 Å². The van der Waals surface area contributed by atoms with Crippen molar-refractivity contribution in [3.8, 4) is 11.1 Å². The molecule has 0 N–H and O–H groups in total. The summed E-state index contributed by atoms with van der Waals surface area (Å²) in [5.41, 5.74) is 27.8. The lowest BCUT2D eigenvalue weighted by atomic mass is 9.33. The van der Waals surface area contributed by atoms with Crippen molar-refractivity contribution in [1.29, 1.82) is 0 Å². The summed E-state index contributed by atoms with van der Waals surface area (Å²) in [4.78, 5) is 5.42. The van der Waals surface area contributed by atoms with E-state index in [1.54, 1.807) is 0 Å². The second kappa shape index (κ2) is 15.1. The molecular weight excluding hydrogens is 856 g/mol. The molecule has 0 unspecified atom stereocenters. The molecule has 2 aliphatic carbocycles. The maximum atomic E-state index is 2.72. The number of nitrogens with zero attached hydrogens (tertiary/aromatic N) is 2. The van der Waals surface area contributed by atoms with E-state index >= 15 is 0 Å². The first-order valence-electron chi connectivity index (χ1n) is 26.6. The number of anilines is 6. The molecule has 2 heterocycles. The molecule has 2 aliphatic heterocycles. The van der Waals surface area contributed by atoms with Crippen LogP contribution >= 0.6 is 0 Å². The van der Waals surface area contributed by atoms with Crippen molar-refractivity contribution in [2.45, 2.75) is 169 Å². The zero-order chi connectivity index (χ0) is 50.9. The third-order valence-corrected chi connectivity index (χ3v) is 17.7. The molecule has 0 saturated heterocycles. The molecule has 7 aromatic carbocycles. The molecule has 0 bridgehead atoms. The van der Waals surface area contributed by atoms with Crippen molar-refractivity contribution >= 4 is 57.2 Å². The van der Waals surface area contributed by atoms with Crippen molar-refractivity contribution in [2.75, 3.05) is 9.80 Å². The minimum absolute atomic E-state index is 0.00726. The van der Waals surface area contributed by atoms with Crippen LogP contribution in [0.5, 0.6) is 0 Å². The average Bonchev–Trinajstić information content (AvgIpc) is 3.48. The van der Waals surface area contributed by atoms with Gasteiger partial charge in [-0.1, -0.05) is 203 Å². The quantitative estimate of drug-likeness (QED) is 0.163. The summed E-state index contributed by atoms with van der Waals surface area (Å²) in [6, 6.07) is 50.9. The molecule has 71 heavy (non-hydrogen) atoms. The molecular formula is C68H77BN2. The van der Waals surface area contributed by atoms with Crippen LogP contribution in [-0.4, -0.2) is 6.71 Å². The van der Waals surface area contributed by atoms with Crippen LogP contribution < -0.4 is 26.2 Å². The second-order valence-corrected chi connectivity index (χ2v) is 27.5. The van der Waals surface area contributed by atoms with E-state index in [9.17, 15) is 0 Å². The summed E-state index contributed by atoms with van der Waals surface area (Å²) in [7, 11) is 0. The van der Waals surface area contributed by atoms with Crippen LogP contribution in [0.1, 0.15) is 180 Å². The Labute approximate surface area is 428 Å². The van der Waals surface area contributed by atoms with Crippen LogP contribution in [0.3, 0.4) is 0 Å². The van der Waals surface area contributed by atoms with Crippen molar-refractivity contribution < 1.29 is 0 Å². The molecule has 0 aromatic heterocycles. The lowest BCUT2D eigenvalue weighted by Crippen LogP contribution is -2.62. The highest BCUT2D eigenvalue weighted by atomic mass is 15.2. The number of rotatable bonds is 3. The molecule has 0 saturated carbocycles. The maximum Gasteiger partial charge on any atom is 0.252 e. The van der Waals surface area contributed by atoms with Gasteiger partial charge in [0.1, 0.15) is 0 Å². The molecule has 11 rings (SSSR count). The van der Waals surface area contributed by atoms with Gasteiger partial charge in [0.25, 0.3) is 6.71 Å². The highest BCUT2D eigenvalue weighted by Gasteiger charge is 2.50. The first-order valence-corrected chi connectivity index (χ1v) is 26.6. The fourth-order valence-corrected chi connectivity index (χ4v) is 13.8. The van der Waals surface area contributed by atoms with E-state index < -0.39 is 0 Å². The van der Waals surface area contributed by atoms with Gasteiger partial charge in [0.2, 0.25) is 0 Å². The normalized spacial score (nSPS) is 17.7. The maximum absolute atomic E-state index is 2.72. The van der Waals surface area contributed by atoms with Gasteiger partial charge in [-0.25, -0.2) is 0 Å².